The summed E-state index contributed by atoms with van der Waals surface area (Å²) in [6, 6.07) is 1.81. The van der Waals surface area contributed by atoms with Crippen molar-refractivity contribution in [3.63, 3.8) is 0 Å². The van der Waals surface area contributed by atoms with Gasteiger partial charge in [0.15, 0.2) is 0 Å². The Hall–Kier alpha value is -2.29. The van der Waals surface area contributed by atoms with Gasteiger partial charge < -0.3 is 15.0 Å². The SMILES string of the molecule is C#CCNC(=O)C1CCCN(c2nc(C)cc(OCC)n2)C1. The van der Waals surface area contributed by atoms with Crippen molar-refractivity contribution in [1.29, 1.82) is 0 Å². The Kier molecular flexibility index (Phi) is 5.59. The maximum atomic E-state index is 12.1. The number of carbonyl (C=O) groups is 1. The maximum Gasteiger partial charge on any atom is 0.228 e. The summed E-state index contributed by atoms with van der Waals surface area (Å²) in [6.45, 7) is 6.11. The van der Waals surface area contributed by atoms with Crippen molar-refractivity contribution in [2.45, 2.75) is 26.7 Å². The molecule has 0 bridgehead atoms. The van der Waals surface area contributed by atoms with Gasteiger partial charge in [-0.2, -0.15) is 4.98 Å². The van der Waals surface area contributed by atoms with Crippen molar-refractivity contribution < 1.29 is 9.53 Å². The van der Waals surface area contributed by atoms with E-state index in [1.165, 1.54) is 0 Å². The molecule has 118 valence electrons. The van der Waals surface area contributed by atoms with Crippen LogP contribution in [0, 0.1) is 25.2 Å². The molecule has 2 rings (SSSR count). The number of piperidine rings is 1. The number of anilines is 1. The Morgan fingerprint density at radius 3 is 3.14 bits per heavy atom. The average Bonchev–Trinajstić information content (AvgIpc) is 2.52. The van der Waals surface area contributed by atoms with Gasteiger partial charge >= 0.3 is 0 Å². The molecule has 0 aromatic carbocycles. The summed E-state index contributed by atoms with van der Waals surface area (Å²) in [5.41, 5.74) is 0.854. The number of carbonyl (C=O) groups excluding carboxylic acids is 1. The van der Waals surface area contributed by atoms with Crippen LogP contribution < -0.4 is 15.0 Å². The molecule has 1 unspecified atom stereocenters. The molecule has 1 atom stereocenters. The number of aromatic nitrogens is 2. The molecule has 1 aliphatic rings. The number of hydrogen-bond acceptors (Lipinski definition) is 5. The van der Waals surface area contributed by atoms with E-state index in [9.17, 15) is 4.79 Å². The molecule has 1 aromatic rings. The Morgan fingerprint density at radius 2 is 2.41 bits per heavy atom. The molecule has 2 heterocycles. The highest BCUT2D eigenvalue weighted by atomic mass is 16.5. The van der Waals surface area contributed by atoms with Gasteiger partial charge in [-0.3, -0.25) is 4.79 Å². The van der Waals surface area contributed by atoms with Crippen LogP contribution in [-0.2, 0) is 4.79 Å². The first-order valence-corrected chi connectivity index (χ1v) is 7.58. The number of hydrogen-bond donors (Lipinski definition) is 1. The van der Waals surface area contributed by atoms with Crippen LogP contribution in [-0.4, -0.2) is 42.1 Å². The quantitative estimate of drug-likeness (QED) is 0.827. The van der Waals surface area contributed by atoms with Crippen LogP contribution in [0.4, 0.5) is 5.95 Å². The smallest absolute Gasteiger partial charge is 0.228 e. The highest BCUT2D eigenvalue weighted by molar-refractivity contribution is 5.79. The highest BCUT2D eigenvalue weighted by Crippen LogP contribution is 2.22. The summed E-state index contributed by atoms with van der Waals surface area (Å²) < 4.78 is 5.47. The van der Waals surface area contributed by atoms with Crippen molar-refractivity contribution in [3.8, 4) is 18.2 Å². The van der Waals surface area contributed by atoms with Crippen LogP contribution in [0.3, 0.4) is 0 Å². The predicted octanol–water partition coefficient (Wildman–Crippen LogP) is 1.15. The lowest BCUT2D eigenvalue weighted by Crippen LogP contribution is -2.43. The lowest BCUT2D eigenvalue weighted by atomic mass is 9.97. The van der Waals surface area contributed by atoms with Crippen LogP contribution in [0.25, 0.3) is 0 Å². The first kappa shape index (κ1) is 16.1. The standard InChI is InChI=1S/C16H22N4O2/c1-4-8-17-15(21)13-7-6-9-20(11-13)16-18-12(3)10-14(19-16)22-5-2/h1,10,13H,5-9,11H2,2-3H3,(H,17,21). The molecule has 1 saturated heterocycles. The van der Waals surface area contributed by atoms with E-state index in [4.69, 9.17) is 11.2 Å². The van der Waals surface area contributed by atoms with Crippen molar-refractivity contribution >= 4 is 11.9 Å². The van der Waals surface area contributed by atoms with Crippen LogP contribution in [0.2, 0.25) is 0 Å². The van der Waals surface area contributed by atoms with Crippen LogP contribution in [0.5, 0.6) is 5.88 Å². The van der Waals surface area contributed by atoms with Gasteiger partial charge in [-0.15, -0.1) is 6.42 Å². The van der Waals surface area contributed by atoms with Gasteiger partial charge in [-0.25, -0.2) is 4.98 Å². The summed E-state index contributed by atoms with van der Waals surface area (Å²) in [5, 5.41) is 2.75. The fraction of sp³-hybridized carbons (Fsp3) is 0.562. The molecule has 0 radical (unpaired) electrons. The number of nitrogens with zero attached hydrogens (tertiary/aromatic N) is 3. The average molecular weight is 302 g/mol. The zero-order valence-corrected chi connectivity index (χ0v) is 13.1. The molecule has 1 aromatic heterocycles. The summed E-state index contributed by atoms with van der Waals surface area (Å²) in [6.07, 6.45) is 6.96. The lowest BCUT2D eigenvalue weighted by Gasteiger charge is -2.32. The van der Waals surface area contributed by atoms with Gasteiger partial charge in [0.1, 0.15) is 0 Å². The predicted molar refractivity (Wildman–Crippen MR) is 84.7 cm³/mol. The van der Waals surface area contributed by atoms with E-state index in [0.717, 1.165) is 25.1 Å². The van der Waals surface area contributed by atoms with Crippen LogP contribution >= 0.6 is 0 Å². The van der Waals surface area contributed by atoms with Crippen LogP contribution in [0.15, 0.2) is 6.07 Å². The molecule has 6 heteroatoms. The first-order chi connectivity index (χ1) is 10.6. The van der Waals surface area contributed by atoms with Crippen molar-refractivity contribution in [1.82, 2.24) is 15.3 Å². The minimum Gasteiger partial charge on any atom is -0.478 e. The van der Waals surface area contributed by atoms with Gasteiger partial charge in [0.2, 0.25) is 17.7 Å². The van der Waals surface area contributed by atoms with Crippen LogP contribution in [0.1, 0.15) is 25.5 Å². The number of ether oxygens (including phenoxy) is 1. The zero-order chi connectivity index (χ0) is 15.9. The summed E-state index contributed by atoms with van der Waals surface area (Å²) >= 11 is 0. The monoisotopic (exact) mass is 302 g/mol. The van der Waals surface area contributed by atoms with Gasteiger partial charge in [0, 0.05) is 24.8 Å². The third-order valence-electron chi connectivity index (χ3n) is 3.55. The molecule has 0 aliphatic carbocycles. The second-order valence-corrected chi connectivity index (χ2v) is 5.29. The number of aryl methyl sites for hydroxylation is 1. The molecule has 0 spiro atoms. The van der Waals surface area contributed by atoms with Crippen molar-refractivity contribution in [3.05, 3.63) is 11.8 Å². The molecule has 1 N–H and O–H groups in total. The number of nitrogens with one attached hydrogen (secondary N) is 1. The van der Waals surface area contributed by atoms with Gasteiger partial charge in [0.05, 0.1) is 19.1 Å². The second kappa shape index (κ2) is 7.64. The van der Waals surface area contributed by atoms with E-state index in [0.29, 0.717) is 25.0 Å². The Morgan fingerprint density at radius 1 is 1.59 bits per heavy atom. The van der Waals surface area contributed by atoms with E-state index in [1.807, 2.05) is 24.8 Å². The summed E-state index contributed by atoms with van der Waals surface area (Å²) in [5.74, 6) is 3.54. The van der Waals surface area contributed by atoms with Gasteiger partial charge in [-0.05, 0) is 26.7 Å². The Labute approximate surface area is 131 Å². The third kappa shape index (κ3) is 4.10. The lowest BCUT2D eigenvalue weighted by molar-refractivity contribution is -0.124. The molecular weight excluding hydrogens is 280 g/mol. The largest absolute Gasteiger partial charge is 0.478 e. The van der Waals surface area contributed by atoms with E-state index in [2.05, 4.69) is 21.2 Å². The summed E-state index contributed by atoms with van der Waals surface area (Å²) in [4.78, 5) is 23.0. The van der Waals surface area contributed by atoms with Gasteiger partial charge in [-0.1, -0.05) is 5.92 Å². The van der Waals surface area contributed by atoms with E-state index >= 15 is 0 Å². The molecule has 0 saturated carbocycles. The number of rotatable bonds is 5. The zero-order valence-electron chi connectivity index (χ0n) is 13.1. The van der Waals surface area contributed by atoms with E-state index < -0.39 is 0 Å². The molecular formula is C16H22N4O2. The third-order valence-corrected chi connectivity index (χ3v) is 3.55. The second-order valence-electron chi connectivity index (χ2n) is 5.29. The molecule has 1 aliphatic heterocycles. The number of amides is 1. The molecule has 22 heavy (non-hydrogen) atoms. The highest BCUT2D eigenvalue weighted by Gasteiger charge is 2.27. The van der Waals surface area contributed by atoms with E-state index in [1.54, 1.807) is 0 Å². The maximum absolute atomic E-state index is 12.1. The molecule has 6 nitrogen and oxygen atoms in total. The fourth-order valence-electron chi connectivity index (χ4n) is 2.54. The summed E-state index contributed by atoms with van der Waals surface area (Å²) in [7, 11) is 0. The molecule has 1 amide bonds. The van der Waals surface area contributed by atoms with Crippen molar-refractivity contribution in [2.24, 2.45) is 5.92 Å². The Balaban J connectivity index is 2.09. The topological polar surface area (TPSA) is 67.4 Å². The van der Waals surface area contributed by atoms with Crippen molar-refractivity contribution in [2.75, 3.05) is 31.1 Å². The Bertz CT molecular complexity index is 568. The normalized spacial score (nSPS) is 17.7. The minimum atomic E-state index is -0.0817. The fourth-order valence-corrected chi connectivity index (χ4v) is 2.54. The number of terminal acetylenes is 1. The van der Waals surface area contributed by atoms with E-state index in [-0.39, 0.29) is 18.4 Å². The molecule has 1 fully saturated rings. The van der Waals surface area contributed by atoms with Gasteiger partial charge in [0.25, 0.3) is 0 Å². The first-order valence-electron chi connectivity index (χ1n) is 7.58. The minimum absolute atomic E-state index is 0.000310.